The standard InChI is InChI=1S/C20H24ClFNO4P/c1-3-28-18(8-9-26-2)27-17-11-16(15(22)10-14(17)21)23-19(24)12-6-4-5-7-13(12)20(23)25/h4,6,10-13,18,28H,3,5,7-9H2,1-2H3. The first kappa shape index (κ1) is 21.2. The molecule has 2 aliphatic rings. The fraction of sp³-hybridized carbons (Fsp3) is 0.500. The van der Waals surface area contributed by atoms with Crippen LogP contribution in [0.1, 0.15) is 26.2 Å². The Bertz CT molecular complexity index is 788. The highest BCUT2D eigenvalue weighted by atomic mass is 35.5. The summed E-state index contributed by atoms with van der Waals surface area (Å²) >= 11 is 6.19. The Morgan fingerprint density at radius 1 is 1.36 bits per heavy atom. The number of halogens is 2. The first-order chi connectivity index (χ1) is 13.5. The SMILES string of the molecule is CCPC(CCOC)Oc1cc(N2C(=O)C3C=CCCC3C2=O)c(F)cc1Cl. The van der Waals surface area contributed by atoms with E-state index in [4.69, 9.17) is 21.1 Å². The van der Waals surface area contributed by atoms with Gasteiger partial charge < -0.3 is 9.47 Å². The van der Waals surface area contributed by atoms with Gasteiger partial charge in [0.05, 0.1) is 29.2 Å². The number of hydrogen-bond donors (Lipinski definition) is 0. The summed E-state index contributed by atoms with van der Waals surface area (Å²) in [4.78, 5) is 26.5. The van der Waals surface area contributed by atoms with E-state index in [0.29, 0.717) is 28.0 Å². The van der Waals surface area contributed by atoms with Gasteiger partial charge in [0.25, 0.3) is 0 Å². The van der Waals surface area contributed by atoms with Crippen LogP contribution >= 0.6 is 20.2 Å². The number of rotatable bonds is 8. The molecule has 0 radical (unpaired) electrons. The Hall–Kier alpha value is -1.49. The number of carbonyl (C=O) groups excluding carboxylic acids is 2. The van der Waals surface area contributed by atoms with E-state index in [1.807, 2.05) is 6.08 Å². The first-order valence-corrected chi connectivity index (χ1v) is 11.1. The van der Waals surface area contributed by atoms with Crippen LogP contribution < -0.4 is 9.64 Å². The van der Waals surface area contributed by atoms with Crippen molar-refractivity contribution >= 4 is 37.7 Å². The van der Waals surface area contributed by atoms with Crippen LogP contribution in [0.3, 0.4) is 0 Å². The summed E-state index contributed by atoms with van der Waals surface area (Å²) in [6.45, 7) is 2.58. The van der Waals surface area contributed by atoms with E-state index < -0.39 is 23.6 Å². The molecule has 0 N–H and O–H groups in total. The average Bonchev–Trinajstić information content (AvgIpc) is 2.93. The summed E-state index contributed by atoms with van der Waals surface area (Å²) in [5, 5.41) is 0.112. The topological polar surface area (TPSA) is 55.8 Å². The van der Waals surface area contributed by atoms with Crippen LogP contribution in [0.4, 0.5) is 10.1 Å². The van der Waals surface area contributed by atoms with Gasteiger partial charge in [0, 0.05) is 19.6 Å². The molecule has 152 valence electrons. The molecule has 1 saturated heterocycles. The number of imide groups is 1. The number of carbonyl (C=O) groups is 2. The molecular formula is C20H24ClFNO4P. The van der Waals surface area contributed by atoms with E-state index in [1.165, 1.54) is 6.07 Å². The van der Waals surface area contributed by atoms with E-state index in [2.05, 4.69) is 6.92 Å². The molecule has 4 unspecified atom stereocenters. The molecular weight excluding hydrogens is 404 g/mol. The zero-order valence-corrected chi connectivity index (χ0v) is 17.7. The van der Waals surface area contributed by atoms with E-state index in [1.54, 1.807) is 13.2 Å². The van der Waals surface area contributed by atoms with E-state index >= 15 is 0 Å². The van der Waals surface area contributed by atoms with Crippen molar-refractivity contribution in [2.75, 3.05) is 24.8 Å². The van der Waals surface area contributed by atoms with Crippen LogP contribution in [-0.2, 0) is 14.3 Å². The van der Waals surface area contributed by atoms with Crippen LogP contribution in [0, 0.1) is 17.7 Å². The van der Waals surface area contributed by atoms with Gasteiger partial charge in [0.1, 0.15) is 17.4 Å². The number of nitrogens with zero attached hydrogens (tertiary/aromatic N) is 1. The Morgan fingerprint density at radius 3 is 2.82 bits per heavy atom. The van der Waals surface area contributed by atoms with Crippen LogP contribution in [0.2, 0.25) is 5.02 Å². The number of amides is 2. The predicted molar refractivity (Wildman–Crippen MR) is 109 cm³/mol. The molecule has 0 bridgehead atoms. The van der Waals surface area contributed by atoms with Crippen LogP contribution in [0.5, 0.6) is 5.75 Å². The summed E-state index contributed by atoms with van der Waals surface area (Å²) in [6, 6.07) is 2.47. The molecule has 1 heterocycles. The van der Waals surface area contributed by atoms with E-state index in [0.717, 1.165) is 23.5 Å². The molecule has 5 nitrogen and oxygen atoms in total. The summed E-state index contributed by atoms with van der Waals surface area (Å²) in [7, 11) is 2.14. The summed E-state index contributed by atoms with van der Waals surface area (Å²) in [5.74, 6) is -2.28. The maximum atomic E-state index is 14.7. The Morgan fingerprint density at radius 2 is 2.14 bits per heavy atom. The Balaban J connectivity index is 1.90. The highest BCUT2D eigenvalue weighted by molar-refractivity contribution is 7.38. The number of ether oxygens (including phenoxy) is 2. The van der Waals surface area contributed by atoms with Gasteiger partial charge in [-0.05, 0) is 25.1 Å². The normalized spacial score (nSPS) is 22.9. The minimum atomic E-state index is -0.715. The van der Waals surface area contributed by atoms with Crippen molar-refractivity contribution in [2.45, 2.75) is 32.0 Å². The van der Waals surface area contributed by atoms with Crippen LogP contribution in [0.15, 0.2) is 24.3 Å². The third-order valence-corrected chi connectivity index (χ3v) is 6.56. The van der Waals surface area contributed by atoms with Gasteiger partial charge in [-0.15, -0.1) is 0 Å². The maximum Gasteiger partial charge on any atom is 0.241 e. The zero-order valence-electron chi connectivity index (χ0n) is 15.9. The fourth-order valence-corrected chi connectivity index (χ4v) is 4.80. The first-order valence-electron chi connectivity index (χ1n) is 9.40. The lowest BCUT2D eigenvalue weighted by atomic mass is 9.86. The van der Waals surface area contributed by atoms with Crippen LogP contribution in [0.25, 0.3) is 0 Å². The average molecular weight is 428 g/mol. The van der Waals surface area contributed by atoms with Gasteiger partial charge in [0.2, 0.25) is 11.8 Å². The number of fused-ring (bicyclic) bond motifs is 1. The number of allylic oxidation sites excluding steroid dienone is 1. The van der Waals surface area contributed by atoms with Crippen molar-refractivity contribution in [1.29, 1.82) is 0 Å². The van der Waals surface area contributed by atoms with Gasteiger partial charge in [-0.3, -0.25) is 9.59 Å². The minimum Gasteiger partial charge on any atom is -0.485 e. The molecule has 1 aliphatic heterocycles. The summed E-state index contributed by atoms with van der Waals surface area (Å²) < 4.78 is 25.8. The smallest absolute Gasteiger partial charge is 0.241 e. The van der Waals surface area contributed by atoms with Gasteiger partial charge in [0.15, 0.2) is 0 Å². The summed E-state index contributed by atoms with van der Waals surface area (Å²) in [6.07, 6.45) is 6.58. The number of methoxy groups -OCH3 is 1. The molecule has 1 fully saturated rings. The molecule has 3 rings (SSSR count). The fourth-order valence-electron chi connectivity index (χ4n) is 3.61. The highest BCUT2D eigenvalue weighted by Gasteiger charge is 2.48. The number of benzene rings is 1. The second-order valence-corrected chi connectivity index (χ2v) is 9.00. The molecule has 0 aromatic heterocycles. The Kier molecular flexibility index (Phi) is 7.08. The number of hydrogen-bond acceptors (Lipinski definition) is 4. The van der Waals surface area contributed by atoms with Crippen molar-refractivity contribution in [3.8, 4) is 5.75 Å². The quantitative estimate of drug-likeness (QED) is 0.351. The molecule has 0 spiro atoms. The molecule has 1 aromatic carbocycles. The van der Waals surface area contributed by atoms with Crippen molar-refractivity contribution in [2.24, 2.45) is 11.8 Å². The van der Waals surface area contributed by atoms with Crippen LogP contribution in [-0.4, -0.2) is 37.5 Å². The maximum absolute atomic E-state index is 14.7. The minimum absolute atomic E-state index is 0.0949. The van der Waals surface area contributed by atoms with Crippen molar-refractivity contribution in [3.63, 3.8) is 0 Å². The molecule has 1 aliphatic carbocycles. The summed E-state index contributed by atoms with van der Waals surface area (Å²) in [5.41, 5.74) is -0.0949. The van der Waals surface area contributed by atoms with E-state index in [-0.39, 0.29) is 28.2 Å². The van der Waals surface area contributed by atoms with Gasteiger partial charge >= 0.3 is 0 Å². The zero-order chi connectivity index (χ0) is 20.3. The molecule has 28 heavy (non-hydrogen) atoms. The van der Waals surface area contributed by atoms with E-state index in [9.17, 15) is 14.0 Å². The predicted octanol–water partition coefficient (Wildman–Crippen LogP) is 4.37. The molecule has 2 amide bonds. The van der Waals surface area contributed by atoms with Gasteiger partial charge in [-0.25, -0.2) is 9.29 Å². The van der Waals surface area contributed by atoms with Gasteiger partial charge in [-0.2, -0.15) is 0 Å². The van der Waals surface area contributed by atoms with Gasteiger partial charge in [-0.1, -0.05) is 39.3 Å². The second-order valence-electron chi connectivity index (χ2n) is 6.83. The highest BCUT2D eigenvalue weighted by Crippen LogP contribution is 2.41. The lowest BCUT2D eigenvalue weighted by Gasteiger charge is -2.22. The molecule has 0 saturated carbocycles. The lowest BCUT2D eigenvalue weighted by Crippen LogP contribution is -2.31. The molecule has 8 heteroatoms. The third-order valence-electron chi connectivity index (χ3n) is 4.99. The monoisotopic (exact) mass is 427 g/mol. The second kappa shape index (κ2) is 9.34. The lowest BCUT2D eigenvalue weighted by molar-refractivity contribution is -0.122. The van der Waals surface area contributed by atoms with Crippen molar-refractivity contribution < 1.29 is 23.5 Å². The number of anilines is 1. The third kappa shape index (κ3) is 4.24. The van der Waals surface area contributed by atoms with Crippen molar-refractivity contribution in [3.05, 3.63) is 35.1 Å². The Labute approximate surface area is 171 Å². The molecule has 1 aromatic rings. The molecule has 4 atom stereocenters. The largest absolute Gasteiger partial charge is 0.485 e. The van der Waals surface area contributed by atoms with Crippen molar-refractivity contribution in [1.82, 2.24) is 0 Å².